The van der Waals surface area contributed by atoms with Gasteiger partial charge in [0.25, 0.3) is 0 Å². The summed E-state index contributed by atoms with van der Waals surface area (Å²) in [6.07, 6.45) is -4.25. The van der Waals surface area contributed by atoms with Crippen molar-refractivity contribution in [3.63, 3.8) is 0 Å². The largest absolute Gasteiger partial charge is 0.431 e. The number of amides is 1. The number of carbonyl (C=O) groups excluding carboxylic acids is 1. The number of aromatic amines is 1. The van der Waals surface area contributed by atoms with Crippen molar-refractivity contribution in [2.24, 2.45) is 0 Å². The Hall–Kier alpha value is -2.28. The summed E-state index contributed by atoms with van der Waals surface area (Å²) < 4.78 is 39.0. The molecule has 2 aromatic carbocycles. The van der Waals surface area contributed by atoms with Crippen LogP contribution in [-0.2, 0) is 17.4 Å². The first-order valence-electron chi connectivity index (χ1n) is 7.05. The van der Waals surface area contributed by atoms with Crippen molar-refractivity contribution >= 4 is 38.4 Å². The topological polar surface area (TPSA) is 44.9 Å². The van der Waals surface area contributed by atoms with E-state index in [9.17, 15) is 18.0 Å². The van der Waals surface area contributed by atoms with Gasteiger partial charge in [-0.25, -0.2) is 0 Å². The third-order valence-electron chi connectivity index (χ3n) is 3.46. The number of halogens is 4. The van der Waals surface area contributed by atoms with E-state index in [0.29, 0.717) is 16.6 Å². The lowest BCUT2D eigenvalue weighted by Gasteiger charge is -2.06. The highest BCUT2D eigenvalue weighted by Gasteiger charge is 2.32. The molecule has 2 N–H and O–H groups in total. The second kappa shape index (κ2) is 6.32. The Bertz CT molecular complexity index is 902. The highest BCUT2D eigenvalue weighted by atomic mass is 79.9. The number of fused-ring (bicyclic) bond motifs is 1. The van der Waals surface area contributed by atoms with Crippen LogP contribution in [0.1, 0.15) is 11.3 Å². The maximum absolute atomic E-state index is 12.7. The maximum Gasteiger partial charge on any atom is 0.431 e. The summed E-state index contributed by atoms with van der Waals surface area (Å²) in [5, 5.41) is 3.09. The lowest BCUT2D eigenvalue weighted by Crippen LogP contribution is -2.14. The fraction of sp³-hybridized carbons (Fsp3) is 0.118. The van der Waals surface area contributed by atoms with Gasteiger partial charge in [-0.2, -0.15) is 13.2 Å². The number of hydrogen-bond donors (Lipinski definition) is 2. The number of rotatable bonds is 3. The Labute approximate surface area is 144 Å². The summed E-state index contributed by atoms with van der Waals surface area (Å²) in [4.78, 5) is 14.4. The van der Waals surface area contributed by atoms with E-state index < -0.39 is 11.9 Å². The van der Waals surface area contributed by atoms with Crippen LogP contribution in [0.25, 0.3) is 10.9 Å². The zero-order valence-corrected chi connectivity index (χ0v) is 13.8. The van der Waals surface area contributed by atoms with Crippen molar-refractivity contribution in [3.05, 3.63) is 64.3 Å². The average molecular weight is 397 g/mol. The van der Waals surface area contributed by atoms with Gasteiger partial charge < -0.3 is 10.3 Å². The number of alkyl halides is 3. The van der Waals surface area contributed by atoms with Gasteiger partial charge in [0, 0.05) is 21.1 Å². The van der Waals surface area contributed by atoms with E-state index in [1.165, 1.54) is 12.1 Å². The molecule has 0 atom stereocenters. The first-order chi connectivity index (χ1) is 11.3. The van der Waals surface area contributed by atoms with Crippen molar-refractivity contribution < 1.29 is 18.0 Å². The molecule has 7 heteroatoms. The van der Waals surface area contributed by atoms with E-state index >= 15 is 0 Å². The summed E-state index contributed by atoms with van der Waals surface area (Å²) in [6.45, 7) is 0. The molecule has 1 heterocycles. The van der Waals surface area contributed by atoms with Gasteiger partial charge in [0.05, 0.1) is 6.42 Å². The van der Waals surface area contributed by atoms with Crippen molar-refractivity contribution in [2.45, 2.75) is 12.6 Å². The van der Waals surface area contributed by atoms with Crippen LogP contribution in [0.5, 0.6) is 0 Å². The van der Waals surface area contributed by atoms with E-state index in [0.717, 1.165) is 16.1 Å². The minimum absolute atomic E-state index is 0.179. The summed E-state index contributed by atoms with van der Waals surface area (Å²) in [7, 11) is 0. The van der Waals surface area contributed by atoms with Crippen LogP contribution in [0.2, 0.25) is 0 Å². The molecule has 0 fully saturated rings. The van der Waals surface area contributed by atoms with Crippen LogP contribution in [0.15, 0.2) is 53.0 Å². The van der Waals surface area contributed by atoms with E-state index in [-0.39, 0.29) is 12.3 Å². The second-order valence-corrected chi connectivity index (χ2v) is 6.25. The molecule has 0 bridgehead atoms. The van der Waals surface area contributed by atoms with Gasteiger partial charge in [0.1, 0.15) is 5.69 Å². The fourth-order valence-corrected chi connectivity index (χ4v) is 2.85. The SMILES string of the molecule is O=C(Cc1cccc(Br)c1)Nc1ccc2[nH]c(C(F)(F)F)cc2c1. The van der Waals surface area contributed by atoms with Gasteiger partial charge in [-0.3, -0.25) is 4.79 Å². The van der Waals surface area contributed by atoms with Crippen molar-refractivity contribution in [2.75, 3.05) is 5.32 Å². The summed E-state index contributed by atoms with van der Waals surface area (Å²) >= 11 is 3.34. The molecular weight excluding hydrogens is 385 g/mol. The predicted octanol–water partition coefficient (Wildman–Crippen LogP) is 5.13. The molecule has 0 unspecified atom stereocenters. The van der Waals surface area contributed by atoms with Gasteiger partial charge in [0.2, 0.25) is 5.91 Å². The third kappa shape index (κ3) is 3.79. The first kappa shape index (κ1) is 16.6. The van der Waals surface area contributed by atoms with Crippen molar-refractivity contribution in [1.82, 2.24) is 4.98 Å². The van der Waals surface area contributed by atoms with Crippen LogP contribution in [0.4, 0.5) is 18.9 Å². The molecule has 0 aliphatic heterocycles. The Morgan fingerprint density at radius 2 is 1.92 bits per heavy atom. The zero-order chi connectivity index (χ0) is 17.3. The molecule has 3 aromatic rings. The highest BCUT2D eigenvalue weighted by molar-refractivity contribution is 9.10. The van der Waals surface area contributed by atoms with Crippen LogP contribution in [0.3, 0.4) is 0 Å². The number of hydrogen-bond acceptors (Lipinski definition) is 1. The van der Waals surface area contributed by atoms with Crippen LogP contribution >= 0.6 is 15.9 Å². The Kier molecular flexibility index (Phi) is 4.36. The van der Waals surface area contributed by atoms with Gasteiger partial charge >= 0.3 is 6.18 Å². The molecule has 3 nitrogen and oxygen atoms in total. The molecule has 0 aliphatic rings. The molecular formula is C17H12BrF3N2O. The quantitative estimate of drug-likeness (QED) is 0.633. The molecule has 0 saturated carbocycles. The summed E-state index contributed by atoms with van der Waals surface area (Å²) in [5.74, 6) is -0.237. The fourth-order valence-electron chi connectivity index (χ4n) is 2.40. The minimum atomic E-state index is -4.43. The minimum Gasteiger partial charge on any atom is -0.351 e. The first-order valence-corrected chi connectivity index (χ1v) is 7.85. The van der Waals surface area contributed by atoms with Crippen molar-refractivity contribution in [1.29, 1.82) is 0 Å². The summed E-state index contributed by atoms with van der Waals surface area (Å²) in [6, 6.07) is 13.0. The number of benzene rings is 2. The number of anilines is 1. The number of nitrogens with one attached hydrogen (secondary N) is 2. The van der Waals surface area contributed by atoms with Crippen LogP contribution < -0.4 is 5.32 Å². The molecule has 1 aromatic heterocycles. The average Bonchev–Trinajstić information content (AvgIpc) is 2.90. The van der Waals surface area contributed by atoms with Gasteiger partial charge in [-0.15, -0.1) is 0 Å². The van der Waals surface area contributed by atoms with Crippen LogP contribution in [0, 0.1) is 0 Å². The molecule has 0 aliphatic carbocycles. The van der Waals surface area contributed by atoms with Gasteiger partial charge in [0.15, 0.2) is 0 Å². The maximum atomic E-state index is 12.7. The van der Waals surface area contributed by atoms with E-state index in [1.54, 1.807) is 6.07 Å². The zero-order valence-electron chi connectivity index (χ0n) is 12.2. The number of carbonyl (C=O) groups is 1. The molecule has 0 spiro atoms. The second-order valence-electron chi connectivity index (χ2n) is 5.34. The lowest BCUT2D eigenvalue weighted by molar-refractivity contribution is -0.140. The van der Waals surface area contributed by atoms with E-state index in [1.807, 2.05) is 24.3 Å². The van der Waals surface area contributed by atoms with E-state index in [2.05, 4.69) is 26.2 Å². The molecule has 0 saturated heterocycles. The van der Waals surface area contributed by atoms with Crippen molar-refractivity contribution in [3.8, 4) is 0 Å². The Morgan fingerprint density at radius 3 is 2.62 bits per heavy atom. The Morgan fingerprint density at radius 1 is 1.12 bits per heavy atom. The van der Waals surface area contributed by atoms with Gasteiger partial charge in [-0.1, -0.05) is 28.1 Å². The molecule has 124 valence electrons. The summed E-state index contributed by atoms with van der Waals surface area (Å²) in [5.41, 5.74) is 0.849. The van der Waals surface area contributed by atoms with Crippen LogP contribution in [-0.4, -0.2) is 10.9 Å². The van der Waals surface area contributed by atoms with Gasteiger partial charge in [-0.05, 0) is 42.0 Å². The standard InChI is InChI=1S/C17H12BrF3N2O/c18-12-3-1-2-10(6-12)7-16(24)22-13-4-5-14-11(8-13)9-15(23-14)17(19,20)21/h1-6,8-9,23H,7H2,(H,22,24). The highest BCUT2D eigenvalue weighted by Crippen LogP contribution is 2.31. The van der Waals surface area contributed by atoms with E-state index in [4.69, 9.17) is 0 Å². The number of H-pyrrole nitrogens is 1. The Balaban J connectivity index is 1.76. The number of aromatic nitrogens is 1. The lowest BCUT2D eigenvalue weighted by atomic mass is 10.1. The normalized spacial score (nSPS) is 11.7. The molecule has 1 amide bonds. The predicted molar refractivity (Wildman–Crippen MR) is 89.8 cm³/mol. The smallest absolute Gasteiger partial charge is 0.351 e. The molecule has 0 radical (unpaired) electrons. The third-order valence-corrected chi connectivity index (χ3v) is 3.96. The molecule has 24 heavy (non-hydrogen) atoms. The monoisotopic (exact) mass is 396 g/mol. The molecule has 3 rings (SSSR count).